The first-order chi connectivity index (χ1) is 17.5. The predicted molar refractivity (Wildman–Crippen MR) is 143 cm³/mol. The van der Waals surface area contributed by atoms with Gasteiger partial charge in [0.2, 0.25) is 5.95 Å². The number of carbonyl (C=O) groups is 1. The molecule has 1 N–H and O–H groups in total. The van der Waals surface area contributed by atoms with Crippen molar-refractivity contribution in [2.24, 2.45) is 0 Å². The third-order valence-corrected chi connectivity index (χ3v) is 7.82. The molecule has 0 saturated carbocycles. The summed E-state index contributed by atoms with van der Waals surface area (Å²) in [5.41, 5.74) is 2.41. The Bertz CT molecular complexity index is 1530. The van der Waals surface area contributed by atoms with Gasteiger partial charge >= 0.3 is 0 Å². The zero-order chi connectivity index (χ0) is 25.1. The molecule has 5 rings (SSSR count). The van der Waals surface area contributed by atoms with E-state index in [1.54, 1.807) is 22.8 Å². The van der Waals surface area contributed by atoms with Crippen molar-refractivity contribution in [3.05, 3.63) is 91.5 Å². The highest BCUT2D eigenvalue weighted by Gasteiger charge is 2.22. The number of hydrogen-bond donors (Lipinski definition) is 1. The number of nitriles is 1. The molecule has 0 aliphatic carbocycles. The van der Waals surface area contributed by atoms with E-state index in [2.05, 4.69) is 16.3 Å². The monoisotopic (exact) mass is 517 g/mol. The first-order valence-electron chi connectivity index (χ1n) is 11.8. The number of nitrogens with one attached hydrogen (secondary N) is 1. The molecular weight excluding hydrogens is 494 g/mol. The molecule has 0 atom stereocenters. The molecule has 1 saturated heterocycles. The van der Waals surface area contributed by atoms with Crippen molar-refractivity contribution in [2.75, 3.05) is 18.0 Å². The summed E-state index contributed by atoms with van der Waals surface area (Å²) in [6, 6.07) is 18.5. The van der Waals surface area contributed by atoms with E-state index >= 15 is 0 Å². The first kappa shape index (κ1) is 24.0. The fraction of sp³-hybridized carbons (Fsp3) is 0.259. The van der Waals surface area contributed by atoms with Crippen LogP contribution in [-0.4, -0.2) is 28.5 Å². The smallest absolute Gasteiger partial charge is 0.273 e. The van der Waals surface area contributed by atoms with Crippen LogP contribution in [0.1, 0.15) is 45.6 Å². The maximum Gasteiger partial charge on any atom is 0.273 e. The van der Waals surface area contributed by atoms with Crippen molar-refractivity contribution >= 4 is 45.0 Å². The number of carbonyl (C=O) groups excluding carboxylic acids is 1. The van der Waals surface area contributed by atoms with Crippen molar-refractivity contribution in [2.45, 2.75) is 32.4 Å². The van der Waals surface area contributed by atoms with Crippen LogP contribution in [0, 0.1) is 11.3 Å². The number of rotatable bonds is 6. The van der Waals surface area contributed by atoms with Gasteiger partial charge in [-0.15, -0.1) is 11.3 Å². The first-order valence-corrected chi connectivity index (χ1v) is 13.0. The molecule has 1 amide bonds. The summed E-state index contributed by atoms with van der Waals surface area (Å²) in [7, 11) is 0. The van der Waals surface area contributed by atoms with Crippen LogP contribution < -0.4 is 15.8 Å². The molecule has 9 heteroatoms. The molecular formula is C27H24ClN5O2S. The van der Waals surface area contributed by atoms with Crippen LogP contribution in [0.2, 0.25) is 5.02 Å². The molecule has 3 heterocycles. The Morgan fingerprint density at radius 1 is 1.08 bits per heavy atom. The number of nitrogens with zero attached hydrogens (tertiary/aromatic N) is 4. The van der Waals surface area contributed by atoms with Crippen molar-refractivity contribution < 1.29 is 4.79 Å². The molecule has 4 aromatic rings. The third-order valence-electron chi connectivity index (χ3n) is 6.34. The van der Waals surface area contributed by atoms with Gasteiger partial charge in [-0.1, -0.05) is 48.0 Å². The van der Waals surface area contributed by atoms with E-state index in [1.165, 1.54) is 0 Å². The molecule has 7 nitrogen and oxygen atoms in total. The normalized spacial score (nSPS) is 13.5. The predicted octanol–water partition coefficient (Wildman–Crippen LogP) is 4.95. The third kappa shape index (κ3) is 4.85. The molecule has 1 fully saturated rings. The second kappa shape index (κ2) is 10.5. The summed E-state index contributed by atoms with van der Waals surface area (Å²) in [6.07, 6.45) is 3.21. The fourth-order valence-corrected chi connectivity index (χ4v) is 5.60. The lowest BCUT2D eigenvalue weighted by Crippen LogP contribution is -2.36. The molecule has 0 radical (unpaired) electrons. The topological polar surface area (TPSA) is 91.0 Å². The number of thiophene rings is 1. The Morgan fingerprint density at radius 3 is 2.56 bits per heavy atom. The lowest BCUT2D eigenvalue weighted by molar-refractivity contribution is 0.0955. The molecule has 1 aliphatic rings. The number of fused-ring (bicyclic) bond motifs is 1. The van der Waals surface area contributed by atoms with E-state index in [1.807, 2.05) is 36.4 Å². The summed E-state index contributed by atoms with van der Waals surface area (Å²) in [5.74, 6) is 0.305. The number of amides is 1. The summed E-state index contributed by atoms with van der Waals surface area (Å²) in [5, 5.41) is 13.0. The zero-order valence-electron chi connectivity index (χ0n) is 19.5. The Hall–Kier alpha value is -3.67. The van der Waals surface area contributed by atoms with E-state index in [-0.39, 0.29) is 24.6 Å². The maximum atomic E-state index is 13.7. The van der Waals surface area contributed by atoms with Crippen LogP contribution in [-0.2, 0) is 13.1 Å². The van der Waals surface area contributed by atoms with E-state index in [0.717, 1.165) is 54.8 Å². The lowest BCUT2D eigenvalue weighted by Gasteiger charge is -2.29. The van der Waals surface area contributed by atoms with Gasteiger partial charge in [-0.05, 0) is 48.6 Å². The minimum atomic E-state index is -0.279. The van der Waals surface area contributed by atoms with Gasteiger partial charge in [0.05, 0.1) is 28.6 Å². The lowest BCUT2D eigenvalue weighted by atomic mass is 10.1. The van der Waals surface area contributed by atoms with Crippen LogP contribution in [0.15, 0.2) is 59.4 Å². The highest BCUT2D eigenvalue weighted by atomic mass is 35.5. The average molecular weight is 518 g/mol. The number of halogens is 1. The number of anilines is 1. The van der Waals surface area contributed by atoms with Gasteiger partial charge in [-0.2, -0.15) is 5.26 Å². The summed E-state index contributed by atoms with van der Waals surface area (Å²) in [6.45, 7) is 2.15. The van der Waals surface area contributed by atoms with E-state index in [0.29, 0.717) is 31.6 Å². The Balaban J connectivity index is 1.52. The summed E-state index contributed by atoms with van der Waals surface area (Å²) >= 11 is 7.34. The Morgan fingerprint density at radius 2 is 1.81 bits per heavy atom. The van der Waals surface area contributed by atoms with Crippen LogP contribution in [0.5, 0.6) is 0 Å². The number of piperidine rings is 1. The van der Waals surface area contributed by atoms with Gasteiger partial charge in [0.1, 0.15) is 4.70 Å². The molecule has 0 unspecified atom stereocenters. The number of benzene rings is 2. The van der Waals surface area contributed by atoms with Gasteiger partial charge in [-0.3, -0.25) is 14.2 Å². The Kier molecular flexibility index (Phi) is 7.03. The van der Waals surface area contributed by atoms with Gasteiger partial charge in [0, 0.05) is 24.7 Å². The summed E-state index contributed by atoms with van der Waals surface area (Å²) in [4.78, 5) is 34.1. The highest BCUT2D eigenvalue weighted by Crippen LogP contribution is 2.26. The SMILES string of the molecule is N#Cc1ccccc1Cn1c(N2CCCCC2)nc2cc(C(=O)NCc3ccccc3Cl)sc2c1=O. The van der Waals surface area contributed by atoms with Gasteiger partial charge in [0.15, 0.2) is 0 Å². The fourth-order valence-electron chi connectivity index (χ4n) is 4.43. The maximum absolute atomic E-state index is 13.7. The van der Waals surface area contributed by atoms with Crippen LogP contribution in [0.4, 0.5) is 5.95 Å². The molecule has 182 valence electrons. The van der Waals surface area contributed by atoms with Crippen molar-refractivity contribution in [3.8, 4) is 6.07 Å². The molecule has 1 aliphatic heterocycles. The van der Waals surface area contributed by atoms with E-state index in [4.69, 9.17) is 16.6 Å². The molecule has 2 aromatic carbocycles. The quantitative estimate of drug-likeness (QED) is 0.390. The van der Waals surface area contributed by atoms with Gasteiger partial charge < -0.3 is 10.2 Å². The van der Waals surface area contributed by atoms with Crippen LogP contribution in [0.25, 0.3) is 10.2 Å². The molecule has 0 bridgehead atoms. The van der Waals surface area contributed by atoms with Crippen LogP contribution >= 0.6 is 22.9 Å². The van der Waals surface area contributed by atoms with Crippen molar-refractivity contribution in [1.82, 2.24) is 14.9 Å². The molecule has 2 aromatic heterocycles. The number of hydrogen-bond acceptors (Lipinski definition) is 6. The van der Waals surface area contributed by atoms with Crippen molar-refractivity contribution in [1.29, 1.82) is 5.26 Å². The summed E-state index contributed by atoms with van der Waals surface area (Å²) < 4.78 is 2.07. The van der Waals surface area contributed by atoms with Crippen molar-refractivity contribution in [3.63, 3.8) is 0 Å². The standard InChI is InChI=1S/C27H24ClN5O2S/c28-21-11-5-4-9-19(21)16-30-25(34)23-14-22-24(36-23)26(35)33(17-20-10-3-2-8-18(20)15-29)27(31-22)32-12-6-1-7-13-32/h2-5,8-11,14H,1,6-7,12-13,16-17H2,(H,30,34). The highest BCUT2D eigenvalue weighted by molar-refractivity contribution is 7.20. The molecule has 0 spiro atoms. The average Bonchev–Trinajstić information content (AvgIpc) is 3.35. The number of aromatic nitrogens is 2. The van der Waals surface area contributed by atoms with Gasteiger partial charge in [-0.25, -0.2) is 4.98 Å². The minimum absolute atomic E-state index is 0.205. The Labute approximate surface area is 217 Å². The van der Waals surface area contributed by atoms with E-state index in [9.17, 15) is 14.9 Å². The second-order valence-corrected chi connectivity index (χ2v) is 10.2. The zero-order valence-corrected chi connectivity index (χ0v) is 21.1. The van der Waals surface area contributed by atoms with Crippen LogP contribution in [0.3, 0.4) is 0 Å². The van der Waals surface area contributed by atoms with E-state index < -0.39 is 0 Å². The van der Waals surface area contributed by atoms with Gasteiger partial charge in [0.25, 0.3) is 11.5 Å². The minimum Gasteiger partial charge on any atom is -0.347 e. The second-order valence-electron chi connectivity index (χ2n) is 8.72. The largest absolute Gasteiger partial charge is 0.347 e. The molecule has 36 heavy (non-hydrogen) atoms.